The summed E-state index contributed by atoms with van der Waals surface area (Å²) in [5.41, 5.74) is 5.47. The Hall–Kier alpha value is -0.640. The second-order valence-electron chi connectivity index (χ2n) is 6.92. The van der Waals surface area contributed by atoms with Crippen LogP contribution in [0.2, 0.25) is 0 Å². The molecule has 2 aliphatic carbocycles. The average Bonchev–Trinajstić information content (AvgIpc) is 3.23. The number of hydrogen-bond donors (Lipinski definition) is 1. The first-order valence-electron chi connectivity index (χ1n) is 8.08. The molecular formula is C16H28N2OS. The fourth-order valence-corrected chi connectivity index (χ4v) is 3.52. The van der Waals surface area contributed by atoms with Crippen molar-refractivity contribution in [3.05, 3.63) is 0 Å². The van der Waals surface area contributed by atoms with Crippen molar-refractivity contribution in [2.45, 2.75) is 71.3 Å². The highest BCUT2D eigenvalue weighted by Gasteiger charge is 2.47. The first-order chi connectivity index (χ1) is 9.47. The Bertz CT molecular complexity index is 371. The lowest BCUT2D eigenvalue weighted by Gasteiger charge is -2.39. The summed E-state index contributed by atoms with van der Waals surface area (Å²) in [7, 11) is 0. The SMILES string of the molecule is CC(C)CCN(C(=O)C1(C(N)=S)CCCCC1)C1CC1. The van der Waals surface area contributed by atoms with Gasteiger partial charge in [0, 0.05) is 12.6 Å². The van der Waals surface area contributed by atoms with Crippen molar-refractivity contribution in [1.82, 2.24) is 4.90 Å². The lowest BCUT2D eigenvalue weighted by Crippen LogP contribution is -2.52. The smallest absolute Gasteiger partial charge is 0.235 e. The third-order valence-electron chi connectivity index (χ3n) is 4.78. The van der Waals surface area contributed by atoms with E-state index >= 15 is 0 Å². The maximum Gasteiger partial charge on any atom is 0.235 e. The summed E-state index contributed by atoms with van der Waals surface area (Å²) in [6, 6.07) is 0.453. The first kappa shape index (κ1) is 15.7. The van der Waals surface area contributed by atoms with Gasteiger partial charge in [-0.15, -0.1) is 0 Å². The zero-order valence-corrected chi connectivity index (χ0v) is 13.7. The van der Waals surface area contributed by atoms with E-state index in [1.165, 1.54) is 6.42 Å². The summed E-state index contributed by atoms with van der Waals surface area (Å²) in [5, 5.41) is 0. The van der Waals surface area contributed by atoms with Crippen molar-refractivity contribution in [2.24, 2.45) is 17.1 Å². The topological polar surface area (TPSA) is 46.3 Å². The minimum absolute atomic E-state index is 0.229. The van der Waals surface area contributed by atoms with E-state index in [1.54, 1.807) is 0 Å². The molecule has 2 N–H and O–H groups in total. The van der Waals surface area contributed by atoms with Gasteiger partial charge in [0.05, 0.1) is 10.4 Å². The number of nitrogens with two attached hydrogens (primary N) is 1. The molecule has 1 amide bonds. The van der Waals surface area contributed by atoms with E-state index in [0.717, 1.165) is 51.5 Å². The summed E-state index contributed by atoms with van der Waals surface area (Å²) >= 11 is 5.30. The molecule has 0 unspecified atom stereocenters. The van der Waals surface area contributed by atoms with Crippen LogP contribution in [-0.4, -0.2) is 28.4 Å². The highest BCUT2D eigenvalue weighted by Crippen LogP contribution is 2.41. The molecule has 2 saturated carbocycles. The third-order valence-corrected chi connectivity index (χ3v) is 5.17. The lowest BCUT2D eigenvalue weighted by atomic mass is 9.72. The molecule has 2 aliphatic rings. The summed E-state index contributed by atoms with van der Waals surface area (Å²) in [4.78, 5) is 15.6. The second-order valence-corrected chi connectivity index (χ2v) is 7.36. The van der Waals surface area contributed by atoms with E-state index in [1.807, 2.05) is 0 Å². The number of hydrogen-bond acceptors (Lipinski definition) is 2. The van der Waals surface area contributed by atoms with Gasteiger partial charge >= 0.3 is 0 Å². The molecule has 0 atom stereocenters. The van der Waals surface area contributed by atoms with Crippen LogP contribution in [0.4, 0.5) is 0 Å². The van der Waals surface area contributed by atoms with Gasteiger partial charge in [-0.2, -0.15) is 0 Å². The lowest BCUT2D eigenvalue weighted by molar-refractivity contribution is -0.140. The van der Waals surface area contributed by atoms with Crippen molar-refractivity contribution in [3.63, 3.8) is 0 Å². The van der Waals surface area contributed by atoms with Gasteiger partial charge in [-0.3, -0.25) is 4.79 Å². The van der Waals surface area contributed by atoms with Gasteiger partial charge in [-0.05, 0) is 38.0 Å². The van der Waals surface area contributed by atoms with Gasteiger partial charge in [0.2, 0.25) is 5.91 Å². The maximum atomic E-state index is 13.1. The van der Waals surface area contributed by atoms with Crippen LogP contribution < -0.4 is 5.73 Å². The Morgan fingerprint density at radius 2 is 1.90 bits per heavy atom. The second kappa shape index (κ2) is 6.42. The molecule has 4 heteroatoms. The van der Waals surface area contributed by atoms with Gasteiger partial charge in [-0.1, -0.05) is 45.3 Å². The number of amides is 1. The van der Waals surface area contributed by atoms with Crippen LogP contribution in [0.5, 0.6) is 0 Å². The van der Waals surface area contributed by atoms with Gasteiger partial charge < -0.3 is 10.6 Å². The summed E-state index contributed by atoms with van der Waals surface area (Å²) in [6.45, 7) is 5.28. The zero-order valence-electron chi connectivity index (χ0n) is 12.9. The summed E-state index contributed by atoms with van der Waals surface area (Å²) in [5.74, 6) is 0.851. The molecule has 0 aromatic carbocycles. The minimum atomic E-state index is -0.535. The van der Waals surface area contributed by atoms with Crippen molar-refractivity contribution in [2.75, 3.05) is 6.54 Å². The molecule has 2 fully saturated rings. The fourth-order valence-electron chi connectivity index (χ4n) is 3.23. The van der Waals surface area contributed by atoms with Crippen LogP contribution in [0.15, 0.2) is 0 Å². The fraction of sp³-hybridized carbons (Fsp3) is 0.875. The quantitative estimate of drug-likeness (QED) is 0.765. The van der Waals surface area contributed by atoms with Crippen molar-refractivity contribution < 1.29 is 4.79 Å². The van der Waals surface area contributed by atoms with Gasteiger partial charge in [0.1, 0.15) is 0 Å². The molecule has 0 aromatic rings. The van der Waals surface area contributed by atoms with Gasteiger partial charge in [0.25, 0.3) is 0 Å². The van der Waals surface area contributed by atoms with E-state index in [9.17, 15) is 4.79 Å². The monoisotopic (exact) mass is 296 g/mol. The molecule has 114 valence electrons. The van der Waals surface area contributed by atoms with Crippen LogP contribution in [0.1, 0.15) is 65.2 Å². The zero-order chi connectivity index (χ0) is 14.8. The molecule has 0 spiro atoms. The van der Waals surface area contributed by atoms with Gasteiger partial charge in [0.15, 0.2) is 0 Å². The van der Waals surface area contributed by atoms with E-state index in [0.29, 0.717) is 16.9 Å². The van der Waals surface area contributed by atoms with Crippen molar-refractivity contribution in [3.8, 4) is 0 Å². The number of nitrogens with zero attached hydrogens (tertiary/aromatic N) is 1. The van der Waals surface area contributed by atoms with E-state index < -0.39 is 5.41 Å². The molecule has 20 heavy (non-hydrogen) atoms. The van der Waals surface area contributed by atoms with Crippen LogP contribution in [-0.2, 0) is 4.79 Å². The molecule has 0 radical (unpaired) electrons. The molecule has 0 aromatic heterocycles. The Balaban J connectivity index is 2.13. The largest absolute Gasteiger partial charge is 0.392 e. The molecule has 0 bridgehead atoms. The average molecular weight is 296 g/mol. The van der Waals surface area contributed by atoms with E-state index in [2.05, 4.69) is 18.7 Å². The minimum Gasteiger partial charge on any atom is -0.392 e. The Morgan fingerprint density at radius 3 is 2.35 bits per heavy atom. The van der Waals surface area contributed by atoms with Crippen LogP contribution in [0, 0.1) is 11.3 Å². The molecular weight excluding hydrogens is 268 g/mol. The Labute approximate surface area is 128 Å². The summed E-state index contributed by atoms with van der Waals surface area (Å²) < 4.78 is 0. The predicted octanol–water partition coefficient (Wildman–Crippen LogP) is 3.26. The molecule has 3 nitrogen and oxygen atoms in total. The highest BCUT2D eigenvalue weighted by molar-refractivity contribution is 7.80. The van der Waals surface area contributed by atoms with Crippen molar-refractivity contribution in [1.29, 1.82) is 0 Å². The summed E-state index contributed by atoms with van der Waals surface area (Å²) in [6.07, 6.45) is 8.42. The number of thiocarbonyl (C=S) groups is 1. The molecule has 2 rings (SSSR count). The standard InChI is InChI=1S/C16H28N2OS/c1-12(2)8-11-18(13-6-7-13)15(19)16(14(17)20)9-4-3-5-10-16/h12-13H,3-11H2,1-2H3,(H2,17,20). The normalized spacial score (nSPS) is 21.8. The maximum absolute atomic E-state index is 13.1. The van der Waals surface area contributed by atoms with Gasteiger partial charge in [-0.25, -0.2) is 0 Å². The molecule has 0 saturated heterocycles. The Kier molecular flexibility index (Phi) is 5.05. The number of carbonyl (C=O) groups excluding carboxylic acids is 1. The van der Waals surface area contributed by atoms with Crippen LogP contribution in [0.3, 0.4) is 0 Å². The Morgan fingerprint density at radius 1 is 1.30 bits per heavy atom. The van der Waals surface area contributed by atoms with E-state index in [4.69, 9.17) is 18.0 Å². The molecule has 0 heterocycles. The third kappa shape index (κ3) is 3.33. The predicted molar refractivity (Wildman–Crippen MR) is 86.5 cm³/mol. The highest BCUT2D eigenvalue weighted by atomic mass is 32.1. The van der Waals surface area contributed by atoms with Crippen LogP contribution in [0.25, 0.3) is 0 Å². The number of rotatable bonds is 6. The number of carbonyl (C=O) groups is 1. The molecule has 0 aliphatic heterocycles. The first-order valence-corrected chi connectivity index (χ1v) is 8.49. The van der Waals surface area contributed by atoms with Crippen molar-refractivity contribution >= 4 is 23.1 Å². The van der Waals surface area contributed by atoms with Crippen LogP contribution >= 0.6 is 12.2 Å². The van der Waals surface area contributed by atoms with E-state index in [-0.39, 0.29) is 5.91 Å².